The molecule has 0 spiro atoms. The summed E-state index contributed by atoms with van der Waals surface area (Å²) in [4.78, 5) is 48.6. The number of nitrogens with zero attached hydrogens (tertiary/aromatic N) is 2. The van der Waals surface area contributed by atoms with Gasteiger partial charge >= 0.3 is 13.6 Å². The Labute approximate surface area is 152 Å². The Morgan fingerprint density at radius 1 is 1.15 bits per heavy atom. The molecule has 3 unspecified atom stereocenters. The van der Waals surface area contributed by atoms with Crippen LogP contribution < -0.4 is 0 Å². The summed E-state index contributed by atoms with van der Waals surface area (Å²) in [6, 6.07) is -0.435. The van der Waals surface area contributed by atoms with E-state index in [2.05, 4.69) is 0 Å². The summed E-state index contributed by atoms with van der Waals surface area (Å²) in [7, 11) is -4.49. The van der Waals surface area contributed by atoms with E-state index in [0.29, 0.717) is 13.2 Å². The van der Waals surface area contributed by atoms with Gasteiger partial charge in [0.15, 0.2) is 0 Å². The topological polar surface area (TPSA) is 123 Å². The second kappa shape index (κ2) is 6.56. The Morgan fingerprint density at radius 2 is 1.65 bits per heavy atom. The van der Waals surface area contributed by atoms with Crippen molar-refractivity contribution < 1.29 is 33.4 Å². The summed E-state index contributed by atoms with van der Waals surface area (Å²) in [5.41, 5.74) is -1.31. The van der Waals surface area contributed by atoms with Gasteiger partial charge < -0.3 is 24.2 Å². The molecule has 0 aromatic rings. The van der Waals surface area contributed by atoms with Crippen molar-refractivity contribution in [3.8, 4) is 0 Å². The SMILES string of the molecule is CCC(CC)(CC1(C)C(=O)N(CC2CO2)C(=O)N1CC1CO1)P(=O)(O)O. The van der Waals surface area contributed by atoms with Crippen LogP contribution in [0, 0.1) is 0 Å². The summed E-state index contributed by atoms with van der Waals surface area (Å²) >= 11 is 0. The molecule has 10 heteroatoms. The summed E-state index contributed by atoms with van der Waals surface area (Å²) in [5, 5.41) is -1.35. The van der Waals surface area contributed by atoms with Crippen molar-refractivity contribution in [1.29, 1.82) is 0 Å². The van der Waals surface area contributed by atoms with Gasteiger partial charge in [-0.25, -0.2) is 4.79 Å². The third-order valence-corrected chi connectivity index (χ3v) is 7.97. The fourth-order valence-corrected chi connectivity index (χ4v) is 5.21. The molecule has 0 bridgehead atoms. The normalized spacial score (nSPS) is 31.7. The molecule has 3 amide bonds. The van der Waals surface area contributed by atoms with Gasteiger partial charge in [0, 0.05) is 0 Å². The van der Waals surface area contributed by atoms with Crippen molar-refractivity contribution >= 4 is 19.5 Å². The van der Waals surface area contributed by atoms with Crippen LogP contribution in [0.2, 0.25) is 0 Å². The highest BCUT2D eigenvalue weighted by Crippen LogP contribution is 2.59. The summed E-state index contributed by atoms with van der Waals surface area (Å²) < 4.78 is 22.6. The summed E-state index contributed by atoms with van der Waals surface area (Å²) in [6.07, 6.45) is 0.0646. The fourth-order valence-electron chi connectivity index (χ4n) is 3.87. The van der Waals surface area contributed by atoms with Crippen LogP contribution in [0.25, 0.3) is 0 Å². The molecule has 3 atom stereocenters. The average Bonchev–Trinajstić information content (AvgIpc) is 3.46. The Kier molecular flexibility index (Phi) is 4.99. The second-order valence-electron chi connectivity index (χ2n) is 7.65. The van der Waals surface area contributed by atoms with Gasteiger partial charge in [-0.05, 0) is 26.2 Å². The number of urea groups is 1. The minimum Gasteiger partial charge on any atom is -0.371 e. The number of epoxide rings is 2. The molecule has 3 saturated heterocycles. The van der Waals surface area contributed by atoms with Crippen LogP contribution in [0.1, 0.15) is 40.0 Å². The number of carbonyl (C=O) groups is 2. The van der Waals surface area contributed by atoms with Crippen LogP contribution in [-0.4, -0.2) is 80.7 Å². The van der Waals surface area contributed by atoms with Gasteiger partial charge in [0.05, 0.1) is 43.7 Å². The number of ether oxygens (including phenoxy) is 2. The van der Waals surface area contributed by atoms with Gasteiger partial charge in [-0.2, -0.15) is 0 Å². The Bertz CT molecular complexity index is 639. The monoisotopic (exact) mass is 390 g/mol. The van der Waals surface area contributed by atoms with E-state index in [4.69, 9.17) is 9.47 Å². The number of hydrogen-bond acceptors (Lipinski definition) is 5. The molecule has 0 aliphatic carbocycles. The molecule has 3 aliphatic heterocycles. The largest absolute Gasteiger partial charge is 0.371 e. The molecule has 0 radical (unpaired) electrons. The number of hydrogen-bond donors (Lipinski definition) is 2. The lowest BCUT2D eigenvalue weighted by molar-refractivity contribution is -0.133. The zero-order valence-electron chi connectivity index (χ0n) is 15.4. The van der Waals surface area contributed by atoms with Gasteiger partial charge in [-0.1, -0.05) is 13.8 Å². The van der Waals surface area contributed by atoms with Gasteiger partial charge in [0.1, 0.15) is 5.54 Å². The van der Waals surface area contributed by atoms with Crippen LogP contribution in [0.5, 0.6) is 0 Å². The molecule has 3 fully saturated rings. The molecule has 2 N–H and O–H groups in total. The number of imide groups is 1. The van der Waals surface area contributed by atoms with Gasteiger partial charge in [0.2, 0.25) is 0 Å². The highest BCUT2D eigenvalue weighted by Gasteiger charge is 2.61. The highest BCUT2D eigenvalue weighted by atomic mass is 31.2. The molecule has 3 aliphatic rings. The smallest absolute Gasteiger partial charge is 0.331 e. The van der Waals surface area contributed by atoms with E-state index in [1.165, 1.54) is 4.90 Å². The van der Waals surface area contributed by atoms with E-state index < -0.39 is 30.2 Å². The van der Waals surface area contributed by atoms with Crippen LogP contribution in [-0.2, 0) is 18.8 Å². The molecule has 0 aromatic heterocycles. The van der Waals surface area contributed by atoms with Crippen molar-refractivity contribution in [3.05, 3.63) is 0 Å². The molecular weight excluding hydrogens is 363 g/mol. The summed E-state index contributed by atoms with van der Waals surface area (Å²) in [5.74, 6) is -0.418. The van der Waals surface area contributed by atoms with Crippen LogP contribution in [0.4, 0.5) is 4.79 Å². The lowest BCUT2D eigenvalue weighted by atomic mass is 9.83. The zero-order valence-corrected chi connectivity index (χ0v) is 16.3. The fraction of sp³-hybridized carbons (Fsp3) is 0.875. The number of rotatable bonds is 9. The molecular formula is C16H27N2O7P. The van der Waals surface area contributed by atoms with Crippen molar-refractivity contribution in [2.45, 2.75) is 62.9 Å². The van der Waals surface area contributed by atoms with Crippen LogP contribution in [0.3, 0.4) is 0 Å². The zero-order chi connectivity index (χ0) is 19.3. The number of carbonyl (C=O) groups excluding carboxylic acids is 2. The average molecular weight is 390 g/mol. The van der Waals surface area contributed by atoms with Crippen molar-refractivity contribution in [2.24, 2.45) is 0 Å². The Balaban J connectivity index is 1.94. The third-order valence-electron chi connectivity index (χ3n) is 5.95. The van der Waals surface area contributed by atoms with Crippen LogP contribution in [0.15, 0.2) is 0 Å². The minimum atomic E-state index is -4.49. The molecule has 3 rings (SSSR count). The first-order valence-electron chi connectivity index (χ1n) is 9.00. The first-order valence-corrected chi connectivity index (χ1v) is 10.6. The molecule has 26 heavy (non-hydrogen) atoms. The minimum absolute atomic E-state index is 0.0867. The molecule has 148 valence electrons. The van der Waals surface area contributed by atoms with E-state index in [0.717, 1.165) is 4.90 Å². The van der Waals surface area contributed by atoms with Crippen molar-refractivity contribution in [1.82, 2.24) is 9.80 Å². The summed E-state index contributed by atoms with van der Waals surface area (Å²) in [6.45, 7) is 6.47. The standard InChI is InChI=1S/C16H27N2O7P/c1-4-16(5-2,26(21,22)23)10-15(3)13(19)17(6-11-8-24-11)14(20)18(15)7-12-9-25-12/h11-12H,4-10H2,1-3H3,(H2,21,22,23). The maximum atomic E-state index is 13.2. The van der Waals surface area contributed by atoms with E-state index in [1.54, 1.807) is 20.8 Å². The number of amides is 3. The lowest BCUT2D eigenvalue weighted by Gasteiger charge is -2.41. The first kappa shape index (κ1) is 19.8. The van der Waals surface area contributed by atoms with E-state index >= 15 is 0 Å². The predicted octanol–water partition coefficient (Wildman–Crippen LogP) is 0.933. The van der Waals surface area contributed by atoms with E-state index in [1.807, 2.05) is 0 Å². The third kappa shape index (κ3) is 3.31. The quantitative estimate of drug-likeness (QED) is 0.341. The predicted molar refractivity (Wildman–Crippen MR) is 91.7 cm³/mol. The van der Waals surface area contributed by atoms with Gasteiger partial charge in [-0.3, -0.25) is 14.3 Å². The highest BCUT2D eigenvalue weighted by molar-refractivity contribution is 7.53. The van der Waals surface area contributed by atoms with Gasteiger partial charge in [-0.15, -0.1) is 0 Å². The second-order valence-corrected chi connectivity index (χ2v) is 9.68. The van der Waals surface area contributed by atoms with Gasteiger partial charge in [0.25, 0.3) is 5.91 Å². The maximum absolute atomic E-state index is 13.2. The Morgan fingerprint density at radius 3 is 2.08 bits per heavy atom. The van der Waals surface area contributed by atoms with E-state index in [-0.39, 0.29) is 44.6 Å². The molecule has 0 aromatic carbocycles. The molecule has 9 nitrogen and oxygen atoms in total. The van der Waals surface area contributed by atoms with Crippen molar-refractivity contribution in [2.75, 3.05) is 26.3 Å². The Hall–Kier alpha value is -0.990. The maximum Gasteiger partial charge on any atom is 0.331 e. The van der Waals surface area contributed by atoms with Crippen LogP contribution >= 0.6 is 7.60 Å². The lowest BCUT2D eigenvalue weighted by Crippen LogP contribution is -2.53. The first-order chi connectivity index (χ1) is 12.1. The molecule has 3 heterocycles. The molecule has 0 saturated carbocycles. The van der Waals surface area contributed by atoms with E-state index in [9.17, 15) is 23.9 Å². The van der Waals surface area contributed by atoms with Crippen molar-refractivity contribution in [3.63, 3.8) is 0 Å².